The summed E-state index contributed by atoms with van der Waals surface area (Å²) in [6, 6.07) is 5.14. The lowest BCUT2D eigenvalue weighted by molar-refractivity contribution is 0.0698. The van der Waals surface area contributed by atoms with Crippen LogP contribution in [0.15, 0.2) is 27.1 Å². The monoisotopic (exact) mass is 274 g/mol. The normalized spacial score (nSPS) is 10.7. The van der Waals surface area contributed by atoms with Crippen molar-refractivity contribution in [3.05, 3.63) is 33.5 Å². The van der Waals surface area contributed by atoms with Gasteiger partial charge in [-0.1, -0.05) is 12.1 Å². The second-order valence-electron chi connectivity index (χ2n) is 2.67. The number of furan rings is 1. The third-order valence-electron chi connectivity index (χ3n) is 1.84. The maximum absolute atomic E-state index is 10.8. The van der Waals surface area contributed by atoms with Crippen molar-refractivity contribution in [2.45, 2.75) is 0 Å². The highest BCUT2D eigenvalue weighted by Crippen LogP contribution is 2.33. The van der Waals surface area contributed by atoms with E-state index in [4.69, 9.17) is 21.1 Å². The van der Waals surface area contributed by atoms with Gasteiger partial charge in [0, 0.05) is 5.39 Å². The molecule has 0 radical (unpaired) electrons. The number of carbonyl (C=O) groups is 1. The standard InChI is InChI=1S/C9H4BrClO3/c10-5-3-1-2-4-6(9(12)13)8(11)14-7(4)5/h1-3H,(H,12,13). The quantitative estimate of drug-likeness (QED) is 0.866. The Balaban J connectivity index is 2.90. The third-order valence-corrected chi connectivity index (χ3v) is 2.73. The summed E-state index contributed by atoms with van der Waals surface area (Å²) in [4.78, 5) is 10.8. The number of fused-ring (bicyclic) bond motifs is 1. The predicted molar refractivity (Wildman–Crippen MR) is 55.9 cm³/mol. The summed E-state index contributed by atoms with van der Waals surface area (Å²) in [7, 11) is 0. The number of halogens is 2. The molecule has 0 unspecified atom stereocenters. The molecule has 1 heterocycles. The number of hydrogen-bond donors (Lipinski definition) is 1. The van der Waals surface area contributed by atoms with Crippen LogP contribution in [0.4, 0.5) is 0 Å². The van der Waals surface area contributed by atoms with Crippen LogP contribution in [-0.4, -0.2) is 11.1 Å². The van der Waals surface area contributed by atoms with Gasteiger partial charge in [-0.15, -0.1) is 0 Å². The molecule has 1 aromatic carbocycles. The summed E-state index contributed by atoms with van der Waals surface area (Å²) >= 11 is 8.91. The van der Waals surface area contributed by atoms with Crippen LogP contribution in [0.5, 0.6) is 0 Å². The van der Waals surface area contributed by atoms with Crippen LogP contribution in [0.1, 0.15) is 10.4 Å². The minimum atomic E-state index is -1.09. The van der Waals surface area contributed by atoms with Crippen LogP contribution in [0.3, 0.4) is 0 Å². The number of hydrogen-bond acceptors (Lipinski definition) is 2. The maximum atomic E-state index is 10.8. The van der Waals surface area contributed by atoms with E-state index >= 15 is 0 Å². The lowest BCUT2D eigenvalue weighted by Gasteiger charge is -1.91. The van der Waals surface area contributed by atoms with Crippen LogP contribution < -0.4 is 0 Å². The molecule has 0 aliphatic rings. The van der Waals surface area contributed by atoms with Gasteiger partial charge in [0.05, 0.1) is 4.47 Å². The number of carboxylic acids is 1. The Morgan fingerprint density at radius 2 is 2.21 bits per heavy atom. The van der Waals surface area contributed by atoms with Crippen molar-refractivity contribution in [2.75, 3.05) is 0 Å². The van der Waals surface area contributed by atoms with Gasteiger partial charge in [-0.2, -0.15) is 0 Å². The van der Waals surface area contributed by atoms with Crippen LogP contribution in [0.2, 0.25) is 5.22 Å². The van der Waals surface area contributed by atoms with Crippen molar-refractivity contribution < 1.29 is 14.3 Å². The van der Waals surface area contributed by atoms with Crippen molar-refractivity contribution in [1.29, 1.82) is 0 Å². The summed E-state index contributed by atoms with van der Waals surface area (Å²) in [6.07, 6.45) is 0. The molecule has 1 aromatic heterocycles. The topological polar surface area (TPSA) is 50.4 Å². The molecule has 3 nitrogen and oxygen atoms in total. The summed E-state index contributed by atoms with van der Waals surface area (Å²) in [5, 5.41) is 9.28. The molecule has 1 N–H and O–H groups in total. The fraction of sp³-hybridized carbons (Fsp3) is 0. The minimum Gasteiger partial charge on any atom is -0.477 e. The highest BCUT2D eigenvalue weighted by atomic mass is 79.9. The van der Waals surface area contributed by atoms with Crippen molar-refractivity contribution in [3.8, 4) is 0 Å². The Labute approximate surface area is 92.4 Å². The average molecular weight is 275 g/mol. The minimum absolute atomic E-state index is 0.00275. The van der Waals surface area contributed by atoms with Gasteiger partial charge in [-0.05, 0) is 33.6 Å². The molecule has 2 rings (SSSR count). The van der Waals surface area contributed by atoms with E-state index in [9.17, 15) is 4.79 Å². The zero-order chi connectivity index (χ0) is 10.3. The molecule has 5 heteroatoms. The molecule has 0 atom stereocenters. The van der Waals surface area contributed by atoms with Gasteiger partial charge in [0.15, 0.2) is 5.58 Å². The molecular formula is C9H4BrClO3. The molecule has 0 aliphatic heterocycles. The van der Waals surface area contributed by atoms with E-state index in [1.165, 1.54) is 0 Å². The SMILES string of the molecule is O=C(O)c1c(Cl)oc2c(Br)cccc12. The zero-order valence-corrected chi connectivity index (χ0v) is 9.09. The van der Waals surface area contributed by atoms with Gasteiger partial charge in [-0.3, -0.25) is 0 Å². The van der Waals surface area contributed by atoms with Gasteiger partial charge < -0.3 is 9.52 Å². The summed E-state index contributed by atoms with van der Waals surface area (Å²) in [5.74, 6) is -1.09. The first kappa shape index (κ1) is 9.55. The van der Waals surface area contributed by atoms with E-state index in [0.717, 1.165) is 0 Å². The first-order valence-corrected chi connectivity index (χ1v) is 4.88. The van der Waals surface area contributed by atoms with E-state index in [1.54, 1.807) is 18.2 Å². The molecule has 0 spiro atoms. The Morgan fingerprint density at radius 1 is 1.50 bits per heavy atom. The van der Waals surface area contributed by atoms with Gasteiger partial charge in [0.25, 0.3) is 0 Å². The number of aromatic carboxylic acids is 1. The number of benzene rings is 1. The van der Waals surface area contributed by atoms with Gasteiger partial charge in [0.2, 0.25) is 5.22 Å². The Morgan fingerprint density at radius 3 is 2.86 bits per heavy atom. The lowest BCUT2D eigenvalue weighted by atomic mass is 10.2. The summed E-state index contributed by atoms with van der Waals surface area (Å²) < 4.78 is 5.81. The van der Waals surface area contributed by atoms with E-state index in [-0.39, 0.29) is 10.8 Å². The Hall–Kier alpha value is -1.00. The molecular weight excluding hydrogens is 271 g/mol. The van der Waals surface area contributed by atoms with Crippen LogP contribution in [-0.2, 0) is 0 Å². The second kappa shape index (κ2) is 3.29. The van der Waals surface area contributed by atoms with Crippen LogP contribution in [0.25, 0.3) is 11.0 Å². The molecule has 0 saturated carbocycles. The largest absolute Gasteiger partial charge is 0.477 e. The Bertz CT molecular complexity index is 518. The maximum Gasteiger partial charge on any atom is 0.341 e. The predicted octanol–water partition coefficient (Wildman–Crippen LogP) is 3.55. The van der Waals surface area contributed by atoms with Crippen molar-refractivity contribution in [1.82, 2.24) is 0 Å². The van der Waals surface area contributed by atoms with E-state index < -0.39 is 5.97 Å². The van der Waals surface area contributed by atoms with Gasteiger partial charge >= 0.3 is 5.97 Å². The van der Waals surface area contributed by atoms with Gasteiger partial charge in [0.1, 0.15) is 5.56 Å². The summed E-state index contributed by atoms with van der Waals surface area (Å²) in [5.41, 5.74) is 0.456. The fourth-order valence-electron chi connectivity index (χ4n) is 1.26. The number of rotatable bonds is 1. The Kier molecular flexibility index (Phi) is 2.25. The molecule has 72 valence electrons. The average Bonchev–Trinajstić information content (AvgIpc) is 2.42. The molecule has 0 saturated heterocycles. The molecule has 14 heavy (non-hydrogen) atoms. The molecule has 2 aromatic rings. The lowest BCUT2D eigenvalue weighted by Crippen LogP contribution is -1.94. The molecule has 0 bridgehead atoms. The van der Waals surface area contributed by atoms with Crippen molar-refractivity contribution >= 4 is 44.5 Å². The highest BCUT2D eigenvalue weighted by Gasteiger charge is 2.19. The van der Waals surface area contributed by atoms with E-state index in [2.05, 4.69) is 15.9 Å². The smallest absolute Gasteiger partial charge is 0.341 e. The first-order valence-electron chi connectivity index (χ1n) is 3.71. The molecule has 0 aliphatic carbocycles. The third kappa shape index (κ3) is 1.31. The first-order chi connectivity index (χ1) is 6.61. The highest BCUT2D eigenvalue weighted by molar-refractivity contribution is 9.10. The zero-order valence-electron chi connectivity index (χ0n) is 6.75. The van der Waals surface area contributed by atoms with Gasteiger partial charge in [-0.25, -0.2) is 4.79 Å². The van der Waals surface area contributed by atoms with E-state index in [0.29, 0.717) is 15.4 Å². The number of para-hydroxylation sites is 1. The van der Waals surface area contributed by atoms with Crippen LogP contribution in [0, 0.1) is 0 Å². The van der Waals surface area contributed by atoms with Crippen LogP contribution >= 0.6 is 27.5 Å². The molecule has 0 fully saturated rings. The summed E-state index contributed by atoms with van der Waals surface area (Å²) in [6.45, 7) is 0. The molecule has 0 amide bonds. The van der Waals surface area contributed by atoms with Crippen molar-refractivity contribution in [2.24, 2.45) is 0 Å². The second-order valence-corrected chi connectivity index (χ2v) is 3.87. The fourth-order valence-corrected chi connectivity index (χ4v) is 1.96. The van der Waals surface area contributed by atoms with Crippen molar-refractivity contribution in [3.63, 3.8) is 0 Å². The van der Waals surface area contributed by atoms with E-state index in [1.807, 2.05) is 0 Å². The number of carboxylic acid groups (broad SMARTS) is 1.